The summed E-state index contributed by atoms with van der Waals surface area (Å²) in [5, 5.41) is 0. The van der Waals surface area contributed by atoms with Crippen LogP contribution in [0.5, 0.6) is 0 Å². The molecule has 1 aliphatic carbocycles. The van der Waals surface area contributed by atoms with Crippen molar-refractivity contribution in [3.8, 4) is 0 Å². The average molecular weight is 390 g/mol. The Balaban J connectivity index is 2.16. The molecule has 0 saturated carbocycles. The van der Waals surface area contributed by atoms with Gasteiger partial charge < -0.3 is 4.74 Å². The summed E-state index contributed by atoms with van der Waals surface area (Å²) in [5.41, 5.74) is 1.84. The molecule has 7 heteroatoms. The zero-order valence-corrected chi connectivity index (χ0v) is 15.7. The molecular formula is C20H16F2O4S. The predicted molar refractivity (Wildman–Crippen MR) is 98.1 cm³/mol. The van der Waals surface area contributed by atoms with E-state index in [1.165, 1.54) is 19.1 Å². The van der Waals surface area contributed by atoms with Gasteiger partial charge in [-0.3, -0.25) is 4.79 Å². The Morgan fingerprint density at radius 3 is 2.30 bits per heavy atom. The molecule has 0 N–H and O–H groups in total. The van der Waals surface area contributed by atoms with Gasteiger partial charge in [-0.1, -0.05) is 12.1 Å². The van der Waals surface area contributed by atoms with E-state index in [2.05, 4.69) is 0 Å². The Labute approximate surface area is 155 Å². The first-order chi connectivity index (χ1) is 12.6. The second kappa shape index (κ2) is 6.74. The number of carbonyl (C=O) groups is 1. The van der Waals surface area contributed by atoms with Crippen molar-refractivity contribution in [3.05, 3.63) is 70.3 Å². The topological polar surface area (TPSA) is 60.4 Å². The van der Waals surface area contributed by atoms with Crippen LogP contribution in [0.2, 0.25) is 0 Å². The Bertz CT molecular complexity index is 1110. The van der Waals surface area contributed by atoms with Crippen LogP contribution in [0.4, 0.5) is 8.78 Å². The van der Waals surface area contributed by atoms with E-state index < -0.39 is 27.4 Å². The number of fused-ring (bicyclic) bond motifs is 1. The van der Waals surface area contributed by atoms with Crippen LogP contribution in [0.15, 0.2) is 46.9 Å². The maximum absolute atomic E-state index is 14.5. The van der Waals surface area contributed by atoms with E-state index in [1.807, 2.05) is 0 Å². The second-order valence-corrected chi connectivity index (χ2v) is 8.27. The van der Waals surface area contributed by atoms with Gasteiger partial charge in [0, 0.05) is 35.9 Å². The number of hydrogen-bond donors (Lipinski definition) is 0. The summed E-state index contributed by atoms with van der Waals surface area (Å²) < 4.78 is 56.5. The summed E-state index contributed by atoms with van der Waals surface area (Å²) in [4.78, 5) is 11.6. The zero-order chi connectivity index (χ0) is 19.9. The molecule has 140 valence electrons. The Morgan fingerprint density at radius 1 is 1.11 bits per heavy atom. The number of hydrogen-bond acceptors (Lipinski definition) is 4. The van der Waals surface area contributed by atoms with Crippen molar-refractivity contribution in [3.63, 3.8) is 0 Å². The fourth-order valence-electron chi connectivity index (χ4n) is 2.97. The first-order valence-electron chi connectivity index (χ1n) is 7.99. The first-order valence-corrected chi connectivity index (χ1v) is 9.88. The summed E-state index contributed by atoms with van der Waals surface area (Å²) in [6, 6.07) is 7.95. The molecule has 0 fully saturated rings. The quantitative estimate of drug-likeness (QED) is 0.737. The van der Waals surface area contributed by atoms with Gasteiger partial charge in [-0.2, -0.15) is 0 Å². The standard InChI is InChI=1S/C20H16F2O4S/c1-11-16(8-13-4-6-15(7-5-13)27(3,24)25)19-17(20(11)26-12(2)23)9-14(21)10-18(19)22/h4-10H,1-3H3/b16-8+. The lowest BCUT2D eigenvalue weighted by Crippen LogP contribution is -1.99. The molecule has 4 nitrogen and oxygen atoms in total. The molecule has 1 aliphatic rings. The molecule has 0 amide bonds. The number of benzene rings is 2. The molecule has 0 aromatic heterocycles. The highest BCUT2D eigenvalue weighted by Gasteiger charge is 2.30. The zero-order valence-electron chi connectivity index (χ0n) is 14.8. The van der Waals surface area contributed by atoms with Crippen molar-refractivity contribution in [1.82, 2.24) is 0 Å². The number of halogens is 2. The van der Waals surface area contributed by atoms with Crippen molar-refractivity contribution < 1.29 is 26.7 Å². The maximum Gasteiger partial charge on any atom is 0.308 e. The smallest absolute Gasteiger partial charge is 0.308 e. The molecule has 0 saturated heterocycles. The predicted octanol–water partition coefficient (Wildman–Crippen LogP) is 4.22. The van der Waals surface area contributed by atoms with Crippen molar-refractivity contribution in [2.24, 2.45) is 0 Å². The highest BCUT2D eigenvalue weighted by atomic mass is 32.2. The van der Waals surface area contributed by atoms with Crippen molar-refractivity contribution in [2.75, 3.05) is 6.26 Å². The van der Waals surface area contributed by atoms with Gasteiger partial charge in [0.2, 0.25) is 0 Å². The van der Waals surface area contributed by atoms with Gasteiger partial charge in [0.15, 0.2) is 9.84 Å². The SMILES string of the molecule is CC(=O)OC1=C(C)/C(=C\c2ccc(S(C)(=O)=O)cc2)c2c(F)cc(F)cc21. The van der Waals surface area contributed by atoms with Crippen LogP contribution in [0.25, 0.3) is 17.4 Å². The number of ether oxygens (including phenoxy) is 1. The summed E-state index contributed by atoms with van der Waals surface area (Å²) in [7, 11) is -3.33. The van der Waals surface area contributed by atoms with E-state index in [4.69, 9.17) is 4.74 Å². The highest BCUT2D eigenvalue weighted by Crippen LogP contribution is 2.44. The van der Waals surface area contributed by atoms with E-state index in [0.717, 1.165) is 18.4 Å². The Hall–Kier alpha value is -2.80. The van der Waals surface area contributed by atoms with Gasteiger partial charge in [-0.15, -0.1) is 0 Å². The third kappa shape index (κ3) is 3.68. The molecule has 0 spiro atoms. The second-order valence-electron chi connectivity index (χ2n) is 6.26. The van der Waals surface area contributed by atoms with Crippen molar-refractivity contribution in [1.29, 1.82) is 0 Å². The lowest BCUT2D eigenvalue weighted by molar-refractivity contribution is -0.134. The van der Waals surface area contributed by atoms with Crippen LogP contribution >= 0.6 is 0 Å². The molecule has 0 radical (unpaired) electrons. The summed E-state index contributed by atoms with van der Waals surface area (Å²) >= 11 is 0. The largest absolute Gasteiger partial charge is 0.426 e. The third-order valence-electron chi connectivity index (χ3n) is 4.18. The molecule has 27 heavy (non-hydrogen) atoms. The number of carbonyl (C=O) groups excluding carboxylic acids is 1. The minimum absolute atomic E-state index is 0.106. The van der Waals surface area contributed by atoms with E-state index in [9.17, 15) is 22.0 Å². The molecule has 0 heterocycles. The van der Waals surface area contributed by atoms with Gasteiger partial charge in [-0.05, 0) is 42.3 Å². The average Bonchev–Trinajstić information content (AvgIpc) is 2.80. The molecule has 0 atom stereocenters. The number of rotatable bonds is 3. The molecule has 2 aromatic rings. The van der Waals surface area contributed by atoms with Gasteiger partial charge in [-0.25, -0.2) is 17.2 Å². The van der Waals surface area contributed by atoms with Crippen LogP contribution in [-0.4, -0.2) is 20.6 Å². The normalized spacial score (nSPS) is 15.2. The Kier molecular flexibility index (Phi) is 4.73. The van der Waals surface area contributed by atoms with Crippen LogP contribution in [0, 0.1) is 11.6 Å². The third-order valence-corrected chi connectivity index (χ3v) is 5.31. The lowest BCUT2D eigenvalue weighted by Gasteiger charge is -2.06. The summed E-state index contributed by atoms with van der Waals surface area (Å²) in [5.74, 6) is -2.04. The molecule has 3 rings (SSSR count). The highest BCUT2D eigenvalue weighted by molar-refractivity contribution is 7.90. The Morgan fingerprint density at radius 2 is 1.74 bits per heavy atom. The summed E-state index contributed by atoms with van der Waals surface area (Å²) in [6.45, 7) is 2.85. The van der Waals surface area contributed by atoms with E-state index in [0.29, 0.717) is 16.7 Å². The molecule has 0 aliphatic heterocycles. The maximum atomic E-state index is 14.5. The van der Waals surface area contributed by atoms with Gasteiger partial charge in [0.1, 0.15) is 17.4 Å². The van der Waals surface area contributed by atoms with E-state index in [-0.39, 0.29) is 21.8 Å². The fourth-order valence-corrected chi connectivity index (χ4v) is 3.60. The lowest BCUT2D eigenvalue weighted by atomic mass is 10.00. The molecule has 0 bridgehead atoms. The monoisotopic (exact) mass is 390 g/mol. The first kappa shape index (κ1) is 19.0. The van der Waals surface area contributed by atoms with Gasteiger partial charge >= 0.3 is 5.97 Å². The number of sulfone groups is 1. The van der Waals surface area contributed by atoms with Crippen LogP contribution < -0.4 is 0 Å². The minimum atomic E-state index is -3.33. The fraction of sp³-hybridized carbons (Fsp3) is 0.150. The number of esters is 1. The molecule has 2 aromatic carbocycles. The molecule has 0 unspecified atom stereocenters. The van der Waals surface area contributed by atoms with Crippen LogP contribution in [0.1, 0.15) is 30.5 Å². The number of allylic oxidation sites excluding steroid dienone is 2. The van der Waals surface area contributed by atoms with Crippen LogP contribution in [0.3, 0.4) is 0 Å². The van der Waals surface area contributed by atoms with Gasteiger partial charge in [0.05, 0.1) is 4.90 Å². The summed E-state index contributed by atoms with van der Waals surface area (Å²) in [6.07, 6.45) is 2.74. The van der Waals surface area contributed by atoms with Crippen LogP contribution in [-0.2, 0) is 19.4 Å². The van der Waals surface area contributed by atoms with E-state index in [1.54, 1.807) is 25.1 Å². The molecular weight excluding hydrogens is 374 g/mol. The van der Waals surface area contributed by atoms with Gasteiger partial charge in [0.25, 0.3) is 0 Å². The van der Waals surface area contributed by atoms with Crippen molar-refractivity contribution >= 4 is 33.2 Å². The minimum Gasteiger partial charge on any atom is -0.426 e. The van der Waals surface area contributed by atoms with Crippen molar-refractivity contribution in [2.45, 2.75) is 18.7 Å². The van der Waals surface area contributed by atoms with E-state index >= 15 is 0 Å².